The van der Waals surface area contributed by atoms with Gasteiger partial charge in [0, 0.05) is 0 Å². The van der Waals surface area contributed by atoms with Crippen LogP contribution < -0.4 is 5.32 Å². The van der Waals surface area contributed by atoms with Crippen LogP contribution in [0.3, 0.4) is 0 Å². The summed E-state index contributed by atoms with van der Waals surface area (Å²) in [5.41, 5.74) is -1.82. The summed E-state index contributed by atoms with van der Waals surface area (Å²) in [6, 6.07) is 0. The molecule has 0 atom stereocenters. The fourth-order valence-corrected chi connectivity index (χ4v) is 0.972. The lowest BCUT2D eigenvalue weighted by Crippen LogP contribution is -2.57. The molecule has 0 rings (SSSR count). The van der Waals surface area contributed by atoms with Crippen molar-refractivity contribution >= 4 is 11.9 Å². The molecule has 0 radical (unpaired) electrons. The molecule has 0 aliphatic carbocycles. The van der Waals surface area contributed by atoms with E-state index < -0.39 is 17.5 Å². The second-order valence-electron chi connectivity index (χ2n) is 2.40. The predicted molar refractivity (Wildman–Crippen MR) is 42.0 cm³/mol. The summed E-state index contributed by atoms with van der Waals surface area (Å²) < 4.78 is 0. The molecular weight excluding hydrogens is 162 g/mol. The van der Waals surface area contributed by atoms with Gasteiger partial charge in [-0.05, 0) is 13.0 Å². The fourth-order valence-electron chi connectivity index (χ4n) is 0.972. The summed E-state index contributed by atoms with van der Waals surface area (Å²) in [6.45, 7) is 3.49. The lowest BCUT2D eigenvalue weighted by molar-refractivity contribution is -0.159. The number of aliphatic carboxylic acids is 2. The van der Waals surface area contributed by atoms with Gasteiger partial charge >= 0.3 is 11.9 Å². The van der Waals surface area contributed by atoms with Crippen molar-refractivity contribution in [2.75, 3.05) is 6.54 Å². The molecule has 0 amide bonds. The molecule has 0 aromatic rings. The van der Waals surface area contributed by atoms with Crippen molar-refractivity contribution in [1.29, 1.82) is 0 Å². The van der Waals surface area contributed by atoms with Crippen LogP contribution in [0.1, 0.15) is 20.3 Å². The van der Waals surface area contributed by atoms with Gasteiger partial charge in [0.25, 0.3) is 0 Å². The Labute approximate surface area is 70.4 Å². The molecule has 12 heavy (non-hydrogen) atoms. The fraction of sp³-hybridized carbons (Fsp3) is 0.714. The molecule has 70 valence electrons. The monoisotopic (exact) mass is 175 g/mol. The first-order valence-electron chi connectivity index (χ1n) is 3.73. The summed E-state index contributed by atoms with van der Waals surface area (Å²) in [5.74, 6) is -2.70. The number of nitrogens with one attached hydrogen (secondary N) is 1. The Morgan fingerprint density at radius 3 is 1.75 bits per heavy atom. The molecule has 0 spiro atoms. The van der Waals surface area contributed by atoms with Crippen LogP contribution in [0.2, 0.25) is 0 Å². The average molecular weight is 175 g/mol. The quantitative estimate of drug-likeness (QED) is 0.508. The van der Waals surface area contributed by atoms with Gasteiger partial charge in [0.2, 0.25) is 5.54 Å². The zero-order valence-corrected chi connectivity index (χ0v) is 7.13. The van der Waals surface area contributed by atoms with Crippen LogP contribution in [-0.2, 0) is 9.59 Å². The third-order valence-electron chi connectivity index (χ3n) is 1.74. The van der Waals surface area contributed by atoms with Crippen molar-refractivity contribution < 1.29 is 19.8 Å². The summed E-state index contributed by atoms with van der Waals surface area (Å²) in [7, 11) is 0. The largest absolute Gasteiger partial charge is 0.479 e. The minimum Gasteiger partial charge on any atom is -0.479 e. The summed E-state index contributed by atoms with van der Waals surface area (Å²) in [6.07, 6.45) is 0.0194. The van der Waals surface area contributed by atoms with Gasteiger partial charge in [-0.3, -0.25) is 5.32 Å². The number of carbonyl (C=O) groups is 2. The van der Waals surface area contributed by atoms with E-state index in [9.17, 15) is 9.59 Å². The van der Waals surface area contributed by atoms with Crippen LogP contribution in [0.4, 0.5) is 0 Å². The minimum absolute atomic E-state index is 0.0194. The van der Waals surface area contributed by atoms with Gasteiger partial charge in [0.15, 0.2) is 0 Å². The maximum atomic E-state index is 10.6. The van der Waals surface area contributed by atoms with E-state index in [4.69, 9.17) is 10.2 Å². The van der Waals surface area contributed by atoms with Gasteiger partial charge in [-0.25, -0.2) is 9.59 Å². The van der Waals surface area contributed by atoms with Crippen LogP contribution in [0.5, 0.6) is 0 Å². The van der Waals surface area contributed by atoms with E-state index in [1.807, 2.05) is 0 Å². The SMILES string of the molecule is CCNC(CC)(C(=O)O)C(=O)O. The van der Waals surface area contributed by atoms with Crippen molar-refractivity contribution in [1.82, 2.24) is 5.32 Å². The summed E-state index contributed by atoms with van der Waals surface area (Å²) >= 11 is 0. The highest BCUT2D eigenvalue weighted by Crippen LogP contribution is 2.10. The molecular formula is C7H13NO4. The number of carboxylic acid groups (broad SMARTS) is 2. The lowest BCUT2D eigenvalue weighted by Gasteiger charge is -2.23. The Hall–Kier alpha value is -1.10. The van der Waals surface area contributed by atoms with E-state index in [1.165, 1.54) is 6.92 Å². The van der Waals surface area contributed by atoms with Crippen molar-refractivity contribution in [3.8, 4) is 0 Å². The highest BCUT2D eigenvalue weighted by atomic mass is 16.4. The molecule has 5 nitrogen and oxygen atoms in total. The number of hydrogen-bond acceptors (Lipinski definition) is 3. The zero-order valence-electron chi connectivity index (χ0n) is 7.13. The number of rotatable bonds is 5. The number of likely N-dealkylation sites (N-methyl/N-ethyl adjacent to an activating group) is 1. The highest BCUT2D eigenvalue weighted by molar-refractivity contribution is 6.03. The molecule has 0 aromatic heterocycles. The topological polar surface area (TPSA) is 86.6 Å². The van der Waals surface area contributed by atoms with Gasteiger partial charge in [-0.2, -0.15) is 0 Å². The normalized spacial score (nSPS) is 11.2. The van der Waals surface area contributed by atoms with Crippen LogP contribution in [-0.4, -0.2) is 34.2 Å². The molecule has 3 N–H and O–H groups in total. The molecule has 5 heteroatoms. The Kier molecular flexibility index (Phi) is 3.69. The second-order valence-corrected chi connectivity index (χ2v) is 2.40. The first-order valence-corrected chi connectivity index (χ1v) is 3.73. The minimum atomic E-state index is -1.82. The maximum absolute atomic E-state index is 10.6. The Morgan fingerprint density at radius 1 is 1.25 bits per heavy atom. The van der Waals surface area contributed by atoms with Crippen LogP contribution in [0, 0.1) is 0 Å². The smallest absolute Gasteiger partial charge is 0.335 e. The standard InChI is InChI=1S/C7H13NO4/c1-3-7(5(9)10,6(11)12)8-4-2/h8H,3-4H2,1-2H3,(H,9,10)(H,11,12). The summed E-state index contributed by atoms with van der Waals surface area (Å²) in [4.78, 5) is 21.3. The molecule has 0 bridgehead atoms. The van der Waals surface area contributed by atoms with Crippen molar-refractivity contribution in [3.63, 3.8) is 0 Å². The van der Waals surface area contributed by atoms with Crippen LogP contribution >= 0.6 is 0 Å². The van der Waals surface area contributed by atoms with Gasteiger partial charge in [-0.1, -0.05) is 13.8 Å². The zero-order chi connectivity index (χ0) is 9.78. The van der Waals surface area contributed by atoms with Crippen molar-refractivity contribution in [2.45, 2.75) is 25.8 Å². The third-order valence-corrected chi connectivity index (χ3v) is 1.74. The number of hydrogen-bond donors (Lipinski definition) is 3. The number of carboxylic acids is 2. The molecule has 0 unspecified atom stereocenters. The van der Waals surface area contributed by atoms with E-state index in [-0.39, 0.29) is 6.42 Å². The molecule has 0 fully saturated rings. The van der Waals surface area contributed by atoms with E-state index in [2.05, 4.69) is 5.32 Å². The molecule has 0 aliphatic rings. The maximum Gasteiger partial charge on any atom is 0.335 e. The predicted octanol–water partition coefficient (Wildman–Crippen LogP) is -0.0861. The van der Waals surface area contributed by atoms with Gasteiger partial charge in [0.1, 0.15) is 0 Å². The third kappa shape index (κ3) is 1.73. The Bertz CT molecular complexity index is 176. The highest BCUT2D eigenvalue weighted by Gasteiger charge is 2.43. The second kappa shape index (κ2) is 4.06. The van der Waals surface area contributed by atoms with E-state index in [0.29, 0.717) is 6.54 Å². The Balaban J connectivity index is 4.76. The molecule has 0 heterocycles. The Morgan fingerprint density at radius 2 is 1.67 bits per heavy atom. The van der Waals surface area contributed by atoms with Gasteiger partial charge < -0.3 is 10.2 Å². The van der Waals surface area contributed by atoms with E-state index in [0.717, 1.165) is 0 Å². The van der Waals surface area contributed by atoms with Gasteiger partial charge in [0.05, 0.1) is 0 Å². The average Bonchev–Trinajstić information content (AvgIpc) is 1.98. The molecule has 0 aromatic carbocycles. The first kappa shape index (κ1) is 10.9. The molecule has 0 saturated carbocycles. The molecule has 0 saturated heterocycles. The van der Waals surface area contributed by atoms with Crippen molar-refractivity contribution in [2.24, 2.45) is 0 Å². The van der Waals surface area contributed by atoms with Gasteiger partial charge in [-0.15, -0.1) is 0 Å². The van der Waals surface area contributed by atoms with E-state index >= 15 is 0 Å². The van der Waals surface area contributed by atoms with Crippen molar-refractivity contribution in [3.05, 3.63) is 0 Å². The van der Waals surface area contributed by atoms with Crippen LogP contribution in [0.25, 0.3) is 0 Å². The summed E-state index contributed by atoms with van der Waals surface area (Å²) in [5, 5.41) is 19.8. The first-order chi connectivity index (χ1) is 5.51. The lowest BCUT2D eigenvalue weighted by atomic mass is 9.96. The molecule has 0 aliphatic heterocycles. The van der Waals surface area contributed by atoms with Crippen LogP contribution in [0.15, 0.2) is 0 Å². The van der Waals surface area contributed by atoms with E-state index in [1.54, 1.807) is 6.92 Å².